The molecule has 0 bridgehead atoms. The van der Waals surface area contributed by atoms with Gasteiger partial charge in [-0.3, -0.25) is 0 Å². The number of rotatable bonds is 6. The molecule has 4 rings (SSSR count). The smallest absolute Gasteiger partial charge is 0.245 e. The fourth-order valence-electron chi connectivity index (χ4n) is 3.09. The molecular formula is C21H21FN6O. The Morgan fingerprint density at radius 2 is 1.86 bits per heavy atom. The minimum atomic E-state index is -0.847. The van der Waals surface area contributed by atoms with Gasteiger partial charge in [-0.1, -0.05) is 35.4 Å². The fourth-order valence-corrected chi connectivity index (χ4v) is 3.09. The van der Waals surface area contributed by atoms with E-state index in [1.54, 1.807) is 18.3 Å². The van der Waals surface area contributed by atoms with Crippen LogP contribution in [0.1, 0.15) is 18.2 Å². The molecule has 0 saturated heterocycles. The molecule has 0 fully saturated rings. The van der Waals surface area contributed by atoms with Crippen molar-refractivity contribution in [2.75, 3.05) is 18.6 Å². The van der Waals surface area contributed by atoms with Crippen molar-refractivity contribution in [3.05, 3.63) is 77.9 Å². The first kappa shape index (κ1) is 18.8. The van der Waals surface area contributed by atoms with Crippen molar-refractivity contribution in [2.24, 2.45) is 15.4 Å². The topological polar surface area (TPSA) is 78.2 Å². The van der Waals surface area contributed by atoms with Crippen LogP contribution in [0.2, 0.25) is 0 Å². The Balaban J connectivity index is 1.37. The van der Waals surface area contributed by atoms with Crippen molar-refractivity contribution in [3.63, 3.8) is 0 Å². The lowest BCUT2D eigenvalue weighted by atomic mass is 9.93. The summed E-state index contributed by atoms with van der Waals surface area (Å²) in [6.45, 7) is 2.23. The maximum absolute atomic E-state index is 13.2. The predicted molar refractivity (Wildman–Crippen MR) is 109 cm³/mol. The van der Waals surface area contributed by atoms with Gasteiger partial charge in [-0.2, -0.15) is 0 Å². The number of nitrogens with one attached hydrogen (secondary N) is 1. The van der Waals surface area contributed by atoms with Crippen LogP contribution in [0, 0.1) is 5.82 Å². The average Bonchev–Trinajstić information content (AvgIpc) is 3.36. The Morgan fingerprint density at radius 3 is 2.62 bits per heavy atom. The third-order valence-corrected chi connectivity index (χ3v) is 4.89. The molecule has 3 aromatic rings. The quantitative estimate of drug-likeness (QED) is 0.667. The normalized spacial score (nSPS) is 18.0. The van der Waals surface area contributed by atoms with Gasteiger partial charge in [0.1, 0.15) is 5.82 Å². The van der Waals surface area contributed by atoms with Crippen LogP contribution in [-0.2, 0) is 16.7 Å². The highest BCUT2D eigenvalue weighted by molar-refractivity contribution is 5.88. The van der Waals surface area contributed by atoms with E-state index in [1.165, 1.54) is 12.1 Å². The second-order valence-electron chi connectivity index (χ2n) is 6.90. The highest BCUT2D eigenvalue weighted by Crippen LogP contribution is 2.32. The zero-order chi connectivity index (χ0) is 20.3. The third-order valence-electron chi connectivity index (χ3n) is 4.89. The van der Waals surface area contributed by atoms with Gasteiger partial charge in [0, 0.05) is 24.8 Å². The zero-order valence-electron chi connectivity index (χ0n) is 16.2. The van der Waals surface area contributed by atoms with E-state index in [4.69, 9.17) is 4.74 Å². The molecule has 0 amide bonds. The Hall–Kier alpha value is -3.55. The molecule has 8 heteroatoms. The highest BCUT2D eigenvalue weighted by atomic mass is 19.1. The molecule has 2 aromatic carbocycles. The number of H-pyrrole nitrogens is 1. The second-order valence-corrected chi connectivity index (χ2v) is 6.90. The van der Waals surface area contributed by atoms with E-state index in [1.807, 2.05) is 49.2 Å². The van der Waals surface area contributed by atoms with E-state index >= 15 is 0 Å². The lowest BCUT2D eigenvalue weighted by Crippen LogP contribution is -2.30. The van der Waals surface area contributed by atoms with Gasteiger partial charge in [0.25, 0.3) is 0 Å². The van der Waals surface area contributed by atoms with Crippen LogP contribution in [-0.4, -0.2) is 29.5 Å². The van der Waals surface area contributed by atoms with Gasteiger partial charge in [0.15, 0.2) is 5.54 Å². The monoisotopic (exact) mass is 392 g/mol. The van der Waals surface area contributed by atoms with Gasteiger partial charge in [0.05, 0.1) is 12.8 Å². The van der Waals surface area contributed by atoms with Gasteiger partial charge in [-0.25, -0.2) is 9.37 Å². The minimum absolute atomic E-state index is 0.304. The zero-order valence-corrected chi connectivity index (χ0v) is 16.2. The number of anilines is 2. The third kappa shape index (κ3) is 3.87. The van der Waals surface area contributed by atoms with E-state index in [-0.39, 0.29) is 5.82 Å². The van der Waals surface area contributed by atoms with Crippen molar-refractivity contribution >= 4 is 17.5 Å². The largest absolute Gasteiger partial charge is 0.477 e. The Labute approximate surface area is 168 Å². The number of hydrogen-bond donors (Lipinski definition) is 1. The first-order valence-electron chi connectivity index (χ1n) is 9.28. The summed E-state index contributed by atoms with van der Waals surface area (Å²) < 4.78 is 19.1. The summed E-state index contributed by atoms with van der Waals surface area (Å²) in [5.41, 5.74) is 1.91. The number of aromatic nitrogens is 2. The lowest BCUT2D eigenvalue weighted by Gasteiger charge is -2.21. The Kier molecular flexibility index (Phi) is 5.07. The van der Waals surface area contributed by atoms with Crippen molar-refractivity contribution < 1.29 is 9.13 Å². The second kappa shape index (κ2) is 7.83. The molecule has 1 aromatic heterocycles. The number of benzene rings is 2. The number of imidazole rings is 1. The first-order valence-corrected chi connectivity index (χ1v) is 9.28. The van der Waals surface area contributed by atoms with Crippen LogP contribution in [0.4, 0.5) is 16.0 Å². The first-order chi connectivity index (χ1) is 14.1. The number of nitrogens with zero attached hydrogens (tertiary/aromatic N) is 5. The fraction of sp³-hybridized carbons (Fsp3) is 0.238. The molecule has 148 valence electrons. The van der Waals surface area contributed by atoms with Crippen LogP contribution in [0.5, 0.6) is 0 Å². The van der Waals surface area contributed by atoms with Crippen LogP contribution < -0.4 is 4.90 Å². The van der Waals surface area contributed by atoms with Crippen molar-refractivity contribution in [3.8, 4) is 0 Å². The maximum Gasteiger partial charge on any atom is 0.245 e. The van der Waals surface area contributed by atoms with Gasteiger partial charge >= 0.3 is 0 Å². The molecule has 0 spiro atoms. The number of ether oxygens (including phenoxy) is 1. The van der Waals surface area contributed by atoms with Crippen molar-refractivity contribution in [1.82, 2.24) is 9.97 Å². The van der Waals surface area contributed by atoms with Gasteiger partial charge in [0.2, 0.25) is 11.8 Å². The van der Waals surface area contributed by atoms with Crippen molar-refractivity contribution in [1.29, 1.82) is 0 Å². The van der Waals surface area contributed by atoms with E-state index in [0.29, 0.717) is 18.9 Å². The predicted octanol–water partition coefficient (Wildman–Crippen LogP) is 4.57. The number of halogens is 1. The Bertz CT molecular complexity index is 1030. The van der Waals surface area contributed by atoms with E-state index in [2.05, 4.69) is 25.4 Å². The molecule has 7 nitrogen and oxygen atoms in total. The maximum atomic E-state index is 13.2. The van der Waals surface area contributed by atoms with Crippen molar-refractivity contribution in [2.45, 2.75) is 18.9 Å². The molecule has 0 aliphatic carbocycles. The highest BCUT2D eigenvalue weighted by Gasteiger charge is 2.38. The number of para-hydroxylation sites is 1. The molecule has 29 heavy (non-hydrogen) atoms. The SMILES string of the molecule is CN(c1ccccc1)c1ncc(CCOC2=NN=NC2(C)c2ccc(F)cc2)[nH]1. The molecule has 0 saturated carbocycles. The summed E-state index contributed by atoms with van der Waals surface area (Å²) in [6.07, 6.45) is 2.41. The van der Waals surface area contributed by atoms with Crippen LogP contribution >= 0.6 is 0 Å². The molecule has 0 radical (unpaired) electrons. The molecular weight excluding hydrogens is 371 g/mol. The summed E-state index contributed by atoms with van der Waals surface area (Å²) >= 11 is 0. The molecule has 1 unspecified atom stereocenters. The minimum Gasteiger partial charge on any atom is -0.477 e. The Morgan fingerprint density at radius 1 is 1.10 bits per heavy atom. The number of hydrogen-bond acceptors (Lipinski definition) is 6. The molecule has 1 aliphatic heterocycles. The van der Waals surface area contributed by atoms with Gasteiger partial charge in [-0.05, 0) is 42.0 Å². The number of aromatic amines is 1. The van der Waals surface area contributed by atoms with Crippen LogP contribution in [0.15, 0.2) is 76.2 Å². The van der Waals surface area contributed by atoms with E-state index in [0.717, 1.165) is 22.9 Å². The molecule has 1 N–H and O–H groups in total. The van der Waals surface area contributed by atoms with Crippen LogP contribution in [0.25, 0.3) is 0 Å². The summed E-state index contributed by atoms with van der Waals surface area (Å²) in [7, 11) is 1.96. The van der Waals surface area contributed by atoms with Gasteiger partial charge < -0.3 is 14.6 Å². The van der Waals surface area contributed by atoms with E-state index < -0.39 is 5.54 Å². The van der Waals surface area contributed by atoms with Gasteiger partial charge in [-0.15, -0.1) is 5.11 Å². The molecule has 1 aliphatic rings. The standard InChI is InChI=1S/C21H21FN6O/c1-21(15-8-10-16(22)11-9-15)19(25-27-26-21)29-13-12-17-14-23-20(24-17)28(2)18-6-4-3-5-7-18/h3-11,14H,12-13H2,1-2H3,(H,23,24). The lowest BCUT2D eigenvalue weighted by molar-refractivity contribution is 0.281. The molecule has 1 atom stereocenters. The summed E-state index contributed by atoms with van der Waals surface area (Å²) in [5.74, 6) is 0.845. The van der Waals surface area contributed by atoms with E-state index in [9.17, 15) is 4.39 Å². The summed E-state index contributed by atoms with van der Waals surface area (Å²) in [5, 5.41) is 12.0. The molecule has 2 heterocycles. The van der Waals surface area contributed by atoms with Crippen LogP contribution in [0.3, 0.4) is 0 Å². The summed E-state index contributed by atoms with van der Waals surface area (Å²) in [6, 6.07) is 16.1. The average molecular weight is 392 g/mol. The summed E-state index contributed by atoms with van der Waals surface area (Å²) in [4.78, 5) is 9.72.